The van der Waals surface area contributed by atoms with E-state index in [1.807, 2.05) is 6.21 Å². The van der Waals surface area contributed by atoms with Crippen LogP contribution in [0, 0.1) is 5.41 Å². The van der Waals surface area contributed by atoms with Crippen molar-refractivity contribution in [3.63, 3.8) is 0 Å². The van der Waals surface area contributed by atoms with Gasteiger partial charge < -0.3 is 10.2 Å². The number of fused-ring (bicyclic) bond motifs is 1. The maximum atomic E-state index is 12.1. The molecule has 4 rings (SSSR count). The number of hydrogen-bond donors (Lipinski definition) is 1. The first-order valence-electron chi connectivity index (χ1n) is 7.94. The first kappa shape index (κ1) is 12.9. The predicted molar refractivity (Wildman–Crippen MR) is 84.1 cm³/mol. The molecule has 0 aliphatic carbocycles. The number of piperidine rings is 1. The standard InChI is InChI=1S/C17H21N3O/c21-16-17(5-9-19-16)6-10-20(11-7-17)15-3-1-2-13-12-18-8-4-14(13)15/h1-3,12H,4-11H2,(H,19,21). The van der Waals surface area contributed by atoms with Crippen LogP contribution in [0.4, 0.5) is 5.69 Å². The zero-order valence-corrected chi connectivity index (χ0v) is 12.3. The lowest BCUT2D eigenvalue weighted by Gasteiger charge is -2.39. The highest BCUT2D eigenvalue weighted by Crippen LogP contribution is 2.40. The number of nitrogens with one attached hydrogen (secondary N) is 1. The minimum Gasteiger partial charge on any atom is -0.371 e. The van der Waals surface area contributed by atoms with Crippen molar-refractivity contribution in [2.24, 2.45) is 10.4 Å². The first-order valence-corrected chi connectivity index (χ1v) is 7.94. The number of aliphatic imine (C=N–C) groups is 1. The van der Waals surface area contributed by atoms with Crippen molar-refractivity contribution < 1.29 is 4.79 Å². The summed E-state index contributed by atoms with van der Waals surface area (Å²) in [7, 11) is 0. The number of carbonyl (C=O) groups excluding carboxylic acids is 1. The molecule has 1 spiro atoms. The highest BCUT2D eigenvalue weighted by atomic mass is 16.2. The average molecular weight is 283 g/mol. The lowest BCUT2D eigenvalue weighted by Crippen LogP contribution is -2.44. The van der Waals surface area contributed by atoms with Gasteiger partial charge in [0.2, 0.25) is 5.91 Å². The van der Waals surface area contributed by atoms with Gasteiger partial charge >= 0.3 is 0 Å². The number of benzene rings is 1. The van der Waals surface area contributed by atoms with E-state index < -0.39 is 0 Å². The van der Waals surface area contributed by atoms with Crippen molar-refractivity contribution in [2.75, 3.05) is 31.1 Å². The summed E-state index contributed by atoms with van der Waals surface area (Å²) in [6, 6.07) is 6.50. The van der Waals surface area contributed by atoms with Crippen LogP contribution in [0.1, 0.15) is 30.4 Å². The summed E-state index contributed by atoms with van der Waals surface area (Å²) < 4.78 is 0. The van der Waals surface area contributed by atoms with E-state index in [0.29, 0.717) is 0 Å². The molecule has 3 aliphatic heterocycles. The Morgan fingerprint density at radius 3 is 2.81 bits per heavy atom. The van der Waals surface area contributed by atoms with Crippen LogP contribution in [0.25, 0.3) is 0 Å². The molecule has 4 nitrogen and oxygen atoms in total. The molecule has 0 bridgehead atoms. The van der Waals surface area contributed by atoms with Crippen LogP contribution in [-0.2, 0) is 11.2 Å². The lowest BCUT2D eigenvalue weighted by molar-refractivity contribution is -0.128. The normalized spacial score (nSPS) is 23.2. The van der Waals surface area contributed by atoms with Crippen LogP contribution < -0.4 is 10.2 Å². The molecular weight excluding hydrogens is 262 g/mol. The number of carbonyl (C=O) groups is 1. The number of hydrogen-bond acceptors (Lipinski definition) is 3. The Bertz CT molecular complexity index is 600. The van der Waals surface area contributed by atoms with Crippen LogP contribution in [0.3, 0.4) is 0 Å². The summed E-state index contributed by atoms with van der Waals surface area (Å²) in [5.74, 6) is 0.282. The van der Waals surface area contributed by atoms with Gasteiger partial charge in [0.25, 0.3) is 0 Å². The molecule has 0 saturated carbocycles. The third-order valence-corrected chi connectivity index (χ3v) is 5.34. The molecule has 21 heavy (non-hydrogen) atoms. The van der Waals surface area contributed by atoms with Gasteiger partial charge in [-0.25, -0.2) is 0 Å². The Labute approximate surface area is 125 Å². The lowest BCUT2D eigenvalue weighted by atomic mass is 9.77. The molecular formula is C17H21N3O. The fraction of sp³-hybridized carbons (Fsp3) is 0.529. The van der Waals surface area contributed by atoms with E-state index in [4.69, 9.17) is 0 Å². The van der Waals surface area contributed by atoms with E-state index in [-0.39, 0.29) is 11.3 Å². The highest BCUT2D eigenvalue weighted by Gasteiger charge is 2.44. The van der Waals surface area contributed by atoms with Gasteiger partial charge in [0, 0.05) is 38.1 Å². The van der Waals surface area contributed by atoms with Gasteiger partial charge in [-0.1, -0.05) is 12.1 Å². The van der Waals surface area contributed by atoms with Crippen molar-refractivity contribution in [3.8, 4) is 0 Å². The Morgan fingerprint density at radius 2 is 2.05 bits per heavy atom. The summed E-state index contributed by atoms with van der Waals surface area (Å²) in [4.78, 5) is 18.9. The average Bonchev–Trinajstić information content (AvgIpc) is 2.88. The van der Waals surface area contributed by atoms with Gasteiger partial charge in [0.15, 0.2) is 0 Å². The predicted octanol–water partition coefficient (Wildman–Crippen LogP) is 1.77. The van der Waals surface area contributed by atoms with Crippen LogP contribution in [0.15, 0.2) is 23.2 Å². The number of anilines is 1. The summed E-state index contributed by atoms with van der Waals surface area (Å²) >= 11 is 0. The second kappa shape index (κ2) is 4.86. The van der Waals surface area contributed by atoms with Gasteiger partial charge in [-0.3, -0.25) is 9.79 Å². The molecule has 0 atom stereocenters. The molecule has 110 valence electrons. The number of rotatable bonds is 1. The zero-order chi connectivity index (χ0) is 14.3. The molecule has 2 fully saturated rings. The summed E-state index contributed by atoms with van der Waals surface area (Å²) in [5, 5.41) is 3.01. The topological polar surface area (TPSA) is 44.7 Å². The molecule has 1 N–H and O–H groups in total. The fourth-order valence-electron chi connectivity index (χ4n) is 3.99. The number of nitrogens with zero attached hydrogens (tertiary/aromatic N) is 2. The fourth-order valence-corrected chi connectivity index (χ4v) is 3.99. The van der Waals surface area contributed by atoms with Crippen molar-refractivity contribution in [2.45, 2.75) is 25.7 Å². The summed E-state index contributed by atoms with van der Waals surface area (Å²) in [6.07, 6.45) is 6.01. The third kappa shape index (κ3) is 2.04. The molecule has 1 aromatic rings. The van der Waals surface area contributed by atoms with Crippen LogP contribution in [-0.4, -0.2) is 38.3 Å². The highest BCUT2D eigenvalue weighted by molar-refractivity contribution is 5.87. The van der Waals surface area contributed by atoms with Crippen molar-refractivity contribution in [3.05, 3.63) is 29.3 Å². The Kier molecular flexibility index (Phi) is 2.98. The van der Waals surface area contributed by atoms with Crippen molar-refractivity contribution in [1.82, 2.24) is 5.32 Å². The molecule has 2 saturated heterocycles. The van der Waals surface area contributed by atoms with E-state index in [1.54, 1.807) is 0 Å². The van der Waals surface area contributed by atoms with Crippen LogP contribution in [0.5, 0.6) is 0 Å². The summed E-state index contributed by atoms with van der Waals surface area (Å²) in [6.45, 7) is 3.72. The maximum Gasteiger partial charge on any atom is 0.226 e. The van der Waals surface area contributed by atoms with Gasteiger partial charge in [0.05, 0.1) is 5.41 Å². The molecule has 1 aromatic carbocycles. The minimum atomic E-state index is -0.0766. The monoisotopic (exact) mass is 283 g/mol. The van der Waals surface area contributed by atoms with Crippen LogP contribution >= 0.6 is 0 Å². The largest absolute Gasteiger partial charge is 0.371 e. The Hall–Kier alpha value is -1.84. The van der Waals surface area contributed by atoms with Crippen molar-refractivity contribution in [1.29, 1.82) is 0 Å². The number of amides is 1. The van der Waals surface area contributed by atoms with Crippen LogP contribution in [0.2, 0.25) is 0 Å². The van der Waals surface area contributed by atoms with Gasteiger partial charge in [-0.15, -0.1) is 0 Å². The maximum absolute atomic E-state index is 12.1. The minimum absolute atomic E-state index is 0.0766. The second-order valence-corrected chi connectivity index (χ2v) is 6.40. The van der Waals surface area contributed by atoms with E-state index >= 15 is 0 Å². The quantitative estimate of drug-likeness (QED) is 0.853. The molecule has 0 aromatic heterocycles. The first-order chi connectivity index (χ1) is 10.3. The molecule has 3 heterocycles. The summed E-state index contributed by atoms with van der Waals surface area (Å²) in [5.41, 5.74) is 3.97. The third-order valence-electron chi connectivity index (χ3n) is 5.34. The Morgan fingerprint density at radius 1 is 1.19 bits per heavy atom. The van der Waals surface area contributed by atoms with E-state index in [0.717, 1.165) is 51.9 Å². The van der Waals surface area contributed by atoms with E-state index in [2.05, 4.69) is 33.4 Å². The van der Waals surface area contributed by atoms with Gasteiger partial charge in [0.1, 0.15) is 0 Å². The van der Waals surface area contributed by atoms with E-state index in [9.17, 15) is 4.79 Å². The SMILES string of the molecule is O=C1NCCC12CCN(c1cccc3c1CCN=C3)CC2. The zero-order valence-electron chi connectivity index (χ0n) is 12.3. The van der Waals surface area contributed by atoms with Gasteiger partial charge in [-0.2, -0.15) is 0 Å². The second-order valence-electron chi connectivity index (χ2n) is 6.40. The smallest absolute Gasteiger partial charge is 0.226 e. The molecule has 0 radical (unpaired) electrons. The van der Waals surface area contributed by atoms with Crippen molar-refractivity contribution >= 4 is 17.8 Å². The van der Waals surface area contributed by atoms with Gasteiger partial charge in [-0.05, 0) is 42.9 Å². The molecule has 4 heteroatoms. The molecule has 3 aliphatic rings. The Balaban J connectivity index is 1.57. The molecule has 1 amide bonds. The molecule has 0 unspecified atom stereocenters. The van der Waals surface area contributed by atoms with E-state index in [1.165, 1.54) is 16.8 Å².